The van der Waals surface area contributed by atoms with E-state index in [0.717, 1.165) is 5.56 Å². The minimum Gasteiger partial charge on any atom is -0.461 e. The lowest BCUT2D eigenvalue weighted by Gasteiger charge is -2.24. The second-order valence-electron chi connectivity index (χ2n) is 5.32. The maximum Gasteiger partial charge on any atom is 0.302 e. The Bertz CT molecular complexity index is 493. The standard InChI is InChI=1S/C18H24Cl2O4/c1-14(22)24-17(9-5-6-11-21)18(20)16(19)10-12-23-13-15-7-3-2-4-8-15/h2-8,16-18,21H,9-13H2,1H3/b6-5-/t16-,17+,18+/m1/s1. The molecule has 0 saturated heterocycles. The minimum atomic E-state index is -0.542. The van der Waals surface area contributed by atoms with Crippen LogP contribution in [0.4, 0.5) is 0 Å². The van der Waals surface area contributed by atoms with E-state index in [4.69, 9.17) is 37.8 Å². The van der Waals surface area contributed by atoms with Gasteiger partial charge in [-0.25, -0.2) is 0 Å². The molecule has 0 aliphatic heterocycles. The van der Waals surface area contributed by atoms with Gasteiger partial charge in [-0.3, -0.25) is 4.79 Å². The number of ether oxygens (including phenoxy) is 2. The van der Waals surface area contributed by atoms with Gasteiger partial charge in [0.05, 0.1) is 24.0 Å². The summed E-state index contributed by atoms with van der Waals surface area (Å²) in [4.78, 5) is 11.2. The van der Waals surface area contributed by atoms with Gasteiger partial charge in [-0.05, 0) is 12.0 Å². The molecule has 0 heterocycles. The molecule has 0 radical (unpaired) electrons. The molecule has 0 aliphatic carbocycles. The van der Waals surface area contributed by atoms with Gasteiger partial charge in [-0.15, -0.1) is 23.2 Å². The number of benzene rings is 1. The van der Waals surface area contributed by atoms with Gasteiger partial charge in [0.2, 0.25) is 0 Å². The number of rotatable bonds is 11. The molecule has 0 bridgehead atoms. The molecule has 1 aromatic rings. The zero-order valence-corrected chi connectivity index (χ0v) is 15.2. The average Bonchev–Trinajstić information content (AvgIpc) is 2.57. The van der Waals surface area contributed by atoms with Crippen molar-refractivity contribution < 1.29 is 19.4 Å². The van der Waals surface area contributed by atoms with Crippen molar-refractivity contribution in [1.82, 2.24) is 0 Å². The van der Waals surface area contributed by atoms with Crippen molar-refractivity contribution in [1.29, 1.82) is 0 Å². The molecule has 0 saturated carbocycles. The lowest BCUT2D eigenvalue weighted by molar-refractivity contribution is -0.146. The Balaban J connectivity index is 2.39. The van der Waals surface area contributed by atoms with E-state index >= 15 is 0 Å². The van der Waals surface area contributed by atoms with E-state index in [1.165, 1.54) is 6.92 Å². The maximum absolute atomic E-state index is 11.2. The number of hydrogen-bond donors (Lipinski definition) is 1. The topological polar surface area (TPSA) is 55.8 Å². The summed E-state index contributed by atoms with van der Waals surface area (Å²) < 4.78 is 10.8. The van der Waals surface area contributed by atoms with Crippen molar-refractivity contribution in [2.45, 2.75) is 43.2 Å². The first-order valence-corrected chi connectivity index (χ1v) is 8.74. The van der Waals surface area contributed by atoms with Gasteiger partial charge in [0.25, 0.3) is 0 Å². The molecule has 3 atom stereocenters. The van der Waals surface area contributed by atoms with Crippen LogP contribution in [0.25, 0.3) is 0 Å². The van der Waals surface area contributed by atoms with Gasteiger partial charge in [0.15, 0.2) is 0 Å². The fourth-order valence-electron chi connectivity index (χ4n) is 2.11. The molecule has 0 unspecified atom stereocenters. The maximum atomic E-state index is 11.2. The normalized spacial score (nSPS) is 15.2. The molecule has 0 aromatic heterocycles. The highest BCUT2D eigenvalue weighted by atomic mass is 35.5. The third-order valence-electron chi connectivity index (χ3n) is 3.31. The average molecular weight is 375 g/mol. The van der Waals surface area contributed by atoms with Gasteiger partial charge in [-0.1, -0.05) is 42.5 Å². The molecule has 4 nitrogen and oxygen atoms in total. The van der Waals surface area contributed by atoms with Gasteiger partial charge >= 0.3 is 5.97 Å². The Kier molecular flexibility index (Phi) is 10.8. The van der Waals surface area contributed by atoms with Crippen molar-refractivity contribution >= 4 is 29.2 Å². The molecule has 134 valence electrons. The first-order chi connectivity index (χ1) is 11.5. The Morgan fingerprint density at radius 2 is 1.96 bits per heavy atom. The predicted octanol–water partition coefficient (Wildman–Crippen LogP) is 3.68. The first kappa shape index (κ1) is 21.0. The van der Waals surface area contributed by atoms with Gasteiger partial charge < -0.3 is 14.6 Å². The van der Waals surface area contributed by atoms with Crippen molar-refractivity contribution in [3.05, 3.63) is 48.0 Å². The lowest BCUT2D eigenvalue weighted by atomic mass is 10.1. The highest BCUT2D eigenvalue weighted by Crippen LogP contribution is 2.22. The van der Waals surface area contributed by atoms with E-state index in [0.29, 0.717) is 26.1 Å². The van der Waals surface area contributed by atoms with Gasteiger partial charge in [0.1, 0.15) is 6.10 Å². The van der Waals surface area contributed by atoms with Crippen LogP contribution >= 0.6 is 23.2 Å². The summed E-state index contributed by atoms with van der Waals surface area (Å²) in [5.74, 6) is -0.410. The smallest absolute Gasteiger partial charge is 0.302 e. The number of aliphatic hydroxyl groups is 1. The Morgan fingerprint density at radius 1 is 1.25 bits per heavy atom. The zero-order chi connectivity index (χ0) is 17.8. The summed E-state index contributed by atoms with van der Waals surface area (Å²) in [6.45, 7) is 2.24. The summed E-state index contributed by atoms with van der Waals surface area (Å²) in [5, 5.41) is 7.84. The molecule has 0 fully saturated rings. The fourth-order valence-corrected chi connectivity index (χ4v) is 2.65. The van der Waals surface area contributed by atoms with Gasteiger partial charge in [-0.2, -0.15) is 0 Å². The minimum absolute atomic E-state index is 0.0721. The van der Waals surface area contributed by atoms with Crippen LogP contribution in [-0.2, 0) is 20.9 Å². The molecule has 0 spiro atoms. The van der Waals surface area contributed by atoms with Crippen molar-refractivity contribution in [3.8, 4) is 0 Å². The fraction of sp³-hybridized carbons (Fsp3) is 0.500. The number of halogens is 2. The molecule has 1 aromatic carbocycles. The summed E-state index contributed by atoms with van der Waals surface area (Å²) in [5.41, 5.74) is 1.10. The molecular formula is C18H24Cl2O4. The zero-order valence-electron chi connectivity index (χ0n) is 13.7. The summed E-state index contributed by atoms with van der Waals surface area (Å²) in [6, 6.07) is 9.86. The van der Waals surface area contributed by atoms with Crippen molar-refractivity contribution in [2.75, 3.05) is 13.2 Å². The Morgan fingerprint density at radius 3 is 2.58 bits per heavy atom. The van der Waals surface area contributed by atoms with E-state index in [9.17, 15) is 4.79 Å². The highest BCUT2D eigenvalue weighted by molar-refractivity contribution is 6.30. The lowest BCUT2D eigenvalue weighted by Crippen LogP contribution is -2.33. The van der Waals surface area contributed by atoms with E-state index in [2.05, 4.69) is 0 Å². The monoisotopic (exact) mass is 374 g/mol. The SMILES string of the molecule is CC(=O)O[C@@H](C/C=C\CO)[C@@H](Cl)[C@H](Cl)CCOCc1ccccc1. The first-order valence-electron chi connectivity index (χ1n) is 7.87. The molecule has 0 aliphatic rings. The van der Waals surface area contributed by atoms with E-state index in [-0.39, 0.29) is 6.61 Å². The second kappa shape index (κ2) is 12.3. The molecule has 24 heavy (non-hydrogen) atoms. The van der Waals surface area contributed by atoms with E-state index in [1.807, 2.05) is 30.3 Å². The van der Waals surface area contributed by atoms with E-state index in [1.54, 1.807) is 12.2 Å². The van der Waals surface area contributed by atoms with Crippen LogP contribution in [0.1, 0.15) is 25.3 Å². The van der Waals surface area contributed by atoms with Crippen LogP contribution < -0.4 is 0 Å². The molecule has 6 heteroatoms. The largest absolute Gasteiger partial charge is 0.461 e. The van der Waals surface area contributed by atoms with Crippen LogP contribution in [0.2, 0.25) is 0 Å². The number of alkyl halides is 2. The quantitative estimate of drug-likeness (QED) is 0.278. The number of esters is 1. The second-order valence-corrected chi connectivity index (χ2v) is 6.39. The van der Waals surface area contributed by atoms with Crippen LogP contribution in [0.15, 0.2) is 42.5 Å². The Labute approximate surface area is 153 Å². The molecule has 1 rings (SSSR count). The third-order valence-corrected chi connectivity index (χ3v) is 4.51. The Hall–Kier alpha value is -1.07. The third kappa shape index (κ3) is 8.69. The molecule has 0 amide bonds. The van der Waals surface area contributed by atoms with Crippen molar-refractivity contribution in [3.63, 3.8) is 0 Å². The van der Waals surface area contributed by atoms with Gasteiger partial charge in [0, 0.05) is 20.0 Å². The van der Waals surface area contributed by atoms with Crippen LogP contribution in [-0.4, -0.2) is 41.1 Å². The predicted molar refractivity (Wildman–Crippen MR) is 96.4 cm³/mol. The van der Waals surface area contributed by atoms with Crippen LogP contribution in [0, 0.1) is 0 Å². The summed E-state index contributed by atoms with van der Waals surface area (Å²) in [6.07, 6.45) is 3.71. The van der Waals surface area contributed by atoms with Crippen LogP contribution in [0.3, 0.4) is 0 Å². The van der Waals surface area contributed by atoms with Crippen LogP contribution in [0.5, 0.6) is 0 Å². The van der Waals surface area contributed by atoms with Crippen molar-refractivity contribution in [2.24, 2.45) is 0 Å². The number of aliphatic hydroxyl groups excluding tert-OH is 1. The number of carbonyl (C=O) groups excluding carboxylic acids is 1. The number of hydrogen-bond acceptors (Lipinski definition) is 4. The summed E-state index contributed by atoms with van der Waals surface area (Å²) >= 11 is 12.7. The number of carbonyl (C=O) groups is 1. The summed E-state index contributed by atoms with van der Waals surface area (Å²) in [7, 11) is 0. The molecule has 1 N–H and O–H groups in total. The highest BCUT2D eigenvalue weighted by Gasteiger charge is 2.28. The molecular weight excluding hydrogens is 351 g/mol. The van der Waals surface area contributed by atoms with E-state index < -0.39 is 22.8 Å².